The molecule has 122 valence electrons. The molecule has 1 heterocycles. The van der Waals surface area contributed by atoms with E-state index in [0.717, 1.165) is 29.9 Å². The number of hydrogen-bond donors (Lipinski definition) is 1. The molecule has 3 aromatic rings. The molecule has 1 N–H and O–H groups in total. The van der Waals surface area contributed by atoms with Crippen LogP contribution < -0.4 is 0 Å². The molecule has 0 aliphatic rings. The van der Waals surface area contributed by atoms with Crippen molar-refractivity contribution < 1.29 is 0 Å². The van der Waals surface area contributed by atoms with Crippen molar-refractivity contribution in [2.75, 3.05) is 13.1 Å². The summed E-state index contributed by atoms with van der Waals surface area (Å²) in [6.45, 7) is 8.81. The summed E-state index contributed by atoms with van der Waals surface area (Å²) in [6, 6.07) is 17.2. The van der Waals surface area contributed by atoms with E-state index in [4.69, 9.17) is 0 Å². The van der Waals surface area contributed by atoms with Gasteiger partial charge in [-0.3, -0.25) is 10.00 Å². The van der Waals surface area contributed by atoms with Gasteiger partial charge in [0.2, 0.25) is 0 Å². The van der Waals surface area contributed by atoms with Crippen LogP contribution in [-0.2, 0) is 0 Å². The summed E-state index contributed by atoms with van der Waals surface area (Å²) < 4.78 is 0. The molecule has 1 unspecified atom stereocenters. The summed E-state index contributed by atoms with van der Waals surface area (Å²) in [5, 5.41) is 9.01. The van der Waals surface area contributed by atoms with Gasteiger partial charge in [-0.05, 0) is 31.6 Å². The van der Waals surface area contributed by atoms with Crippen LogP contribution in [0.1, 0.15) is 32.4 Å². The number of rotatable bonds is 5. The summed E-state index contributed by atoms with van der Waals surface area (Å²) >= 11 is 0. The van der Waals surface area contributed by atoms with Crippen LogP contribution in [0.2, 0.25) is 0 Å². The van der Waals surface area contributed by atoms with Gasteiger partial charge >= 0.3 is 0 Å². The topological polar surface area (TPSA) is 31.9 Å². The monoisotopic (exact) mass is 329 g/mol. The average Bonchev–Trinajstić information content (AvgIpc) is 3.00. The van der Waals surface area contributed by atoms with Crippen LogP contribution in [0.3, 0.4) is 0 Å². The number of halogens is 1. The molecule has 0 bridgehead atoms. The highest BCUT2D eigenvalue weighted by molar-refractivity contribution is 5.95. The van der Waals surface area contributed by atoms with E-state index < -0.39 is 0 Å². The summed E-state index contributed by atoms with van der Waals surface area (Å²) in [5.41, 5.74) is 4.65. The van der Waals surface area contributed by atoms with Gasteiger partial charge in [0.15, 0.2) is 0 Å². The van der Waals surface area contributed by atoms with Crippen molar-refractivity contribution in [3.8, 4) is 11.3 Å². The van der Waals surface area contributed by atoms with Gasteiger partial charge in [-0.2, -0.15) is 5.10 Å². The molecule has 0 aliphatic heterocycles. The Morgan fingerprint density at radius 3 is 2.35 bits per heavy atom. The third kappa shape index (κ3) is 3.26. The van der Waals surface area contributed by atoms with Crippen molar-refractivity contribution in [2.24, 2.45) is 0 Å². The Labute approximate surface area is 144 Å². The third-order valence-electron chi connectivity index (χ3n) is 4.48. The normalized spacial score (nSPS) is 12.3. The minimum absolute atomic E-state index is 0. The van der Waals surface area contributed by atoms with E-state index in [1.165, 1.54) is 10.9 Å². The highest BCUT2D eigenvalue weighted by Gasteiger charge is 2.19. The van der Waals surface area contributed by atoms with Crippen molar-refractivity contribution in [1.82, 2.24) is 15.1 Å². The maximum absolute atomic E-state index is 4.58. The Morgan fingerprint density at radius 1 is 1.00 bits per heavy atom. The second kappa shape index (κ2) is 7.62. The minimum Gasteiger partial charge on any atom is -0.297 e. The second-order valence-electron chi connectivity index (χ2n) is 5.61. The predicted octanol–water partition coefficient (Wildman–Crippen LogP) is 5.05. The summed E-state index contributed by atoms with van der Waals surface area (Å²) in [7, 11) is 0. The molecule has 23 heavy (non-hydrogen) atoms. The first-order valence-corrected chi connectivity index (χ1v) is 8.02. The Kier molecular flexibility index (Phi) is 5.80. The van der Waals surface area contributed by atoms with Crippen molar-refractivity contribution >= 4 is 23.3 Å². The lowest BCUT2D eigenvalue weighted by Crippen LogP contribution is -2.26. The summed E-state index contributed by atoms with van der Waals surface area (Å²) in [4.78, 5) is 2.47. The fourth-order valence-electron chi connectivity index (χ4n) is 3.22. The van der Waals surface area contributed by atoms with E-state index in [-0.39, 0.29) is 12.4 Å². The van der Waals surface area contributed by atoms with E-state index in [1.807, 2.05) is 6.07 Å². The van der Waals surface area contributed by atoms with E-state index in [2.05, 4.69) is 78.3 Å². The van der Waals surface area contributed by atoms with Gasteiger partial charge < -0.3 is 0 Å². The predicted molar refractivity (Wildman–Crippen MR) is 100 cm³/mol. The van der Waals surface area contributed by atoms with Crippen molar-refractivity contribution in [3.05, 3.63) is 54.1 Å². The van der Waals surface area contributed by atoms with Gasteiger partial charge in [-0.15, -0.1) is 12.4 Å². The van der Waals surface area contributed by atoms with Crippen molar-refractivity contribution in [3.63, 3.8) is 0 Å². The molecule has 3 rings (SSSR count). The van der Waals surface area contributed by atoms with Crippen LogP contribution in [0.5, 0.6) is 0 Å². The van der Waals surface area contributed by atoms with Crippen molar-refractivity contribution in [1.29, 1.82) is 0 Å². The lowest BCUT2D eigenvalue weighted by molar-refractivity contribution is 0.235. The molecule has 0 aliphatic carbocycles. The average molecular weight is 330 g/mol. The Morgan fingerprint density at radius 2 is 1.70 bits per heavy atom. The molecule has 1 aromatic heterocycles. The molecule has 0 spiro atoms. The first kappa shape index (κ1) is 17.5. The molecular formula is C19H24ClN3. The van der Waals surface area contributed by atoms with Gasteiger partial charge in [-0.1, -0.05) is 56.3 Å². The highest BCUT2D eigenvalue weighted by Crippen LogP contribution is 2.33. The Balaban J connectivity index is 0.00000192. The van der Waals surface area contributed by atoms with Gasteiger partial charge in [0.05, 0.1) is 5.52 Å². The molecule has 4 heteroatoms. The number of aromatic amines is 1. The number of nitrogens with one attached hydrogen (secondary N) is 1. The molecule has 0 saturated heterocycles. The van der Waals surface area contributed by atoms with Gasteiger partial charge in [0.25, 0.3) is 0 Å². The molecule has 0 amide bonds. The second-order valence-corrected chi connectivity index (χ2v) is 5.61. The van der Waals surface area contributed by atoms with E-state index >= 15 is 0 Å². The third-order valence-corrected chi connectivity index (χ3v) is 4.48. The SMILES string of the molecule is CCN(CC)C(C)c1cccc2[nH]nc(-c3ccccc3)c12.Cl. The number of hydrogen-bond acceptors (Lipinski definition) is 2. The van der Waals surface area contributed by atoms with Crippen LogP contribution in [0.4, 0.5) is 0 Å². The van der Waals surface area contributed by atoms with E-state index in [9.17, 15) is 0 Å². The molecular weight excluding hydrogens is 306 g/mol. The van der Waals surface area contributed by atoms with E-state index in [1.54, 1.807) is 0 Å². The first-order valence-electron chi connectivity index (χ1n) is 8.02. The molecule has 0 radical (unpaired) electrons. The zero-order chi connectivity index (χ0) is 15.5. The van der Waals surface area contributed by atoms with Crippen LogP contribution in [0, 0.1) is 0 Å². The first-order chi connectivity index (χ1) is 10.8. The zero-order valence-corrected chi connectivity index (χ0v) is 14.7. The zero-order valence-electron chi connectivity index (χ0n) is 13.9. The smallest absolute Gasteiger partial charge is 0.100 e. The minimum atomic E-state index is 0. The molecule has 0 saturated carbocycles. The fraction of sp³-hybridized carbons (Fsp3) is 0.316. The van der Waals surface area contributed by atoms with Crippen molar-refractivity contribution in [2.45, 2.75) is 26.8 Å². The summed E-state index contributed by atoms with van der Waals surface area (Å²) in [5.74, 6) is 0. The Bertz CT molecular complexity index is 748. The number of fused-ring (bicyclic) bond motifs is 1. The number of benzene rings is 2. The van der Waals surface area contributed by atoms with Crippen LogP contribution in [-0.4, -0.2) is 28.2 Å². The lowest BCUT2D eigenvalue weighted by Gasteiger charge is -2.27. The molecule has 1 atom stereocenters. The number of nitrogens with zero attached hydrogens (tertiary/aromatic N) is 2. The van der Waals surface area contributed by atoms with Gasteiger partial charge in [0, 0.05) is 17.0 Å². The maximum Gasteiger partial charge on any atom is 0.100 e. The van der Waals surface area contributed by atoms with Gasteiger partial charge in [0.1, 0.15) is 5.69 Å². The van der Waals surface area contributed by atoms with Crippen LogP contribution in [0.15, 0.2) is 48.5 Å². The van der Waals surface area contributed by atoms with Crippen LogP contribution >= 0.6 is 12.4 Å². The number of aromatic nitrogens is 2. The fourth-order valence-corrected chi connectivity index (χ4v) is 3.22. The van der Waals surface area contributed by atoms with Gasteiger partial charge in [-0.25, -0.2) is 0 Å². The lowest BCUT2D eigenvalue weighted by atomic mass is 9.98. The largest absolute Gasteiger partial charge is 0.297 e. The molecule has 0 fully saturated rings. The quantitative estimate of drug-likeness (QED) is 0.710. The number of H-pyrrole nitrogens is 1. The van der Waals surface area contributed by atoms with Crippen LogP contribution in [0.25, 0.3) is 22.2 Å². The van der Waals surface area contributed by atoms with E-state index in [0.29, 0.717) is 6.04 Å². The standard InChI is InChI=1S/C19H23N3.ClH/c1-4-22(5-2)14(3)16-12-9-13-17-18(16)19(21-20-17)15-10-7-6-8-11-15;/h6-14H,4-5H2,1-3H3,(H,20,21);1H. The molecule has 2 aromatic carbocycles. The summed E-state index contributed by atoms with van der Waals surface area (Å²) in [6.07, 6.45) is 0. The Hall–Kier alpha value is -1.84. The maximum atomic E-state index is 4.58. The molecule has 3 nitrogen and oxygen atoms in total. The highest BCUT2D eigenvalue weighted by atomic mass is 35.5.